The van der Waals surface area contributed by atoms with Gasteiger partial charge in [0.15, 0.2) is 5.79 Å². The van der Waals surface area contributed by atoms with Crippen molar-refractivity contribution in [1.82, 2.24) is 10.6 Å². The second-order valence-electron chi connectivity index (χ2n) is 6.10. The molecular formula is C16H22N2O3. The molecule has 1 amide bonds. The summed E-state index contributed by atoms with van der Waals surface area (Å²) in [5.41, 5.74) is 2.52. The summed E-state index contributed by atoms with van der Waals surface area (Å²) in [5, 5.41) is 6.24. The minimum absolute atomic E-state index is 0.0257. The number of hydrogen-bond acceptors (Lipinski definition) is 4. The smallest absolute Gasteiger partial charge is 0.237 e. The van der Waals surface area contributed by atoms with Gasteiger partial charge in [-0.05, 0) is 31.4 Å². The number of ether oxygens (including phenoxy) is 2. The van der Waals surface area contributed by atoms with Crippen molar-refractivity contribution in [3.8, 4) is 0 Å². The molecule has 21 heavy (non-hydrogen) atoms. The van der Waals surface area contributed by atoms with Crippen LogP contribution in [0.5, 0.6) is 0 Å². The standard InChI is InChI=1S/C16H22N2O3/c1-16(2)20-10-13(21-16)9-18-15(19)14-7-11-5-3-4-6-12(11)8-17-14/h3-6,13-14,17H,7-10H2,1-2H3,(H,18,19)/t13?,14-/m1/s1. The lowest BCUT2D eigenvalue weighted by atomic mass is 9.95. The SMILES string of the molecule is CC1(C)OCC(CNC(=O)[C@H]2Cc3ccccc3CN2)O1. The van der Waals surface area contributed by atoms with Gasteiger partial charge in [-0.3, -0.25) is 4.79 Å². The van der Waals surface area contributed by atoms with E-state index in [2.05, 4.69) is 22.8 Å². The third kappa shape index (κ3) is 3.43. The molecular weight excluding hydrogens is 268 g/mol. The summed E-state index contributed by atoms with van der Waals surface area (Å²) in [7, 11) is 0. The first-order valence-electron chi connectivity index (χ1n) is 7.43. The van der Waals surface area contributed by atoms with Crippen molar-refractivity contribution < 1.29 is 14.3 Å². The highest BCUT2D eigenvalue weighted by Crippen LogP contribution is 2.22. The van der Waals surface area contributed by atoms with Crippen molar-refractivity contribution in [2.45, 2.75) is 44.7 Å². The van der Waals surface area contributed by atoms with Crippen molar-refractivity contribution in [2.24, 2.45) is 0 Å². The summed E-state index contributed by atoms with van der Waals surface area (Å²) in [6.07, 6.45) is 0.662. The van der Waals surface area contributed by atoms with E-state index >= 15 is 0 Å². The Labute approximate surface area is 125 Å². The van der Waals surface area contributed by atoms with Gasteiger partial charge in [-0.25, -0.2) is 0 Å². The summed E-state index contributed by atoms with van der Waals surface area (Å²) >= 11 is 0. The maximum Gasteiger partial charge on any atom is 0.237 e. The largest absolute Gasteiger partial charge is 0.352 e. The quantitative estimate of drug-likeness (QED) is 0.871. The molecule has 0 saturated carbocycles. The van der Waals surface area contributed by atoms with Crippen LogP contribution in [-0.2, 0) is 27.2 Å². The van der Waals surface area contributed by atoms with Gasteiger partial charge >= 0.3 is 0 Å². The molecule has 0 bridgehead atoms. The Bertz CT molecular complexity index is 530. The predicted octanol–water partition coefficient (Wildman–Crippen LogP) is 0.969. The van der Waals surface area contributed by atoms with E-state index in [1.807, 2.05) is 26.0 Å². The molecule has 114 valence electrons. The zero-order chi connectivity index (χ0) is 14.9. The molecule has 1 aromatic rings. The van der Waals surface area contributed by atoms with E-state index in [4.69, 9.17) is 9.47 Å². The first-order valence-corrected chi connectivity index (χ1v) is 7.43. The van der Waals surface area contributed by atoms with E-state index in [0.29, 0.717) is 13.2 Å². The van der Waals surface area contributed by atoms with Gasteiger partial charge in [0.2, 0.25) is 5.91 Å². The van der Waals surface area contributed by atoms with Crippen molar-refractivity contribution in [1.29, 1.82) is 0 Å². The Morgan fingerprint density at radius 2 is 2.14 bits per heavy atom. The van der Waals surface area contributed by atoms with Crippen LogP contribution in [-0.4, -0.2) is 37.0 Å². The summed E-state index contributed by atoms with van der Waals surface area (Å²) in [6, 6.07) is 8.07. The number of hydrogen-bond donors (Lipinski definition) is 2. The number of rotatable bonds is 3. The zero-order valence-corrected chi connectivity index (χ0v) is 12.5. The molecule has 0 radical (unpaired) electrons. The van der Waals surface area contributed by atoms with Gasteiger partial charge in [-0.2, -0.15) is 0 Å². The van der Waals surface area contributed by atoms with Crippen molar-refractivity contribution >= 4 is 5.91 Å². The van der Waals surface area contributed by atoms with Crippen LogP contribution in [0.1, 0.15) is 25.0 Å². The van der Waals surface area contributed by atoms with E-state index in [1.165, 1.54) is 11.1 Å². The zero-order valence-electron chi connectivity index (χ0n) is 12.5. The number of fused-ring (bicyclic) bond motifs is 1. The van der Waals surface area contributed by atoms with Crippen LogP contribution in [0, 0.1) is 0 Å². The number of carbonyl (C=O) groups is 1. The number of carbonyl (C=O) groups excluding carboxylic acids is 1. The minimum Gasteiger partial charge on any atom is -0.352 e. The van der Waals surface area contributed by atoms with Gasteiger partial charge in [0.25, 0.3) is 0 Å². The second-order valence-corrected chi connectivity index (χ2v) is 6.10. The summed E-state index contributed by atoms with van der Waals surface area (Å²) < 4.78 is 11.2. The van der Waals surface area contributed by atoms with Crippen LogP contribution in [0.3, 0.4) is 0 Å². The van der Waals surface area contributed by atoms with E-state index in [0.717, 1.165) is 13.0 Å². The molecule has 1 saturated heterocycles. The van der Waals surface area contributed by atoms with E-state index in [1.54, 1.807) is 0 Å². The van der Waals surface area contributed by atoms with Crippen LogP contribution >= 0.6 is 0 Å². The summed E-state index contributed by atoms with van der Waals surface area (Å²) in [6.45, 7) is 5.52. The fourth-order valence-electron chi connectivity index (χ4n) is 2.84. The van der Waals surface area contributed by atoms with Crippen LogP contribution in [0.15, 0.2) is 24.3 Å². The van der Waals surface area contributed by atoms with Crippen LogP contribution < -0.4 is 10.6 Å². The van der Waals surface area contributed by atoms with E-state index < -0.39 is 5.79 Å². The Morgan fingerprint density at radius 1 is 1.38 bits per heavy atom. The van der Waals surface area contributed by atoms with Gasteiger partial charge in [0.1, 0.15) is 6.10 Å². The highest BCUT2D eigenvalue weighted by molar-refractivity contribution is 5.82. The molecule has 2 aliphatic rings. The highest BCUT2D eigenvalue weighted by Gasteiger charge is 2.33. The van der Waals surface area contributed by atoms with E-state index in [-0.39, 0.29) is 18.1 Å². The number of amides is 1. The third-order valence-electron chi connectivity index (χ3n) is 3.97. The van der Waals surface area contributed by atoms with Gasteiger partial charge in [-0.15, -0.1) is 0 Å². The highest BCUT2D eigenvalue weighted by atomic mass is 16.7. The van der Waals surface area contributed by atoms with Crippen LogP contribution in [0.25, 0.3) is 0 Å². The average molecular weight is 290 g/mol. The minimum atomic E-state index is -0.544. The van der Waals surface area contributed by atoms with Gasteiger partial charge in [0.05, 0.1) is 12.6 Å². The van der Waals surface area contributed by atoms with Crippen molar-refractivity contribution in [2.75, 3.05) is 13.2 Å². The molecule has 0 spiro atoms. The Balaban J connectivity index is 1.51. The normalized spacial score (nSPS) is 27.1. The third-order valence-corrected chi connectivity index (χ3v) is 3.97. The second kappa shape index (κ2) is 5.75. The molecule has 1 aromatic carbocycles. The lowest BCUT2D eigenvalue weighted by Gasteiger charge is -2.25. The fraction of sp³-hybridized carbons (Fsp3) is 0.562. The topological polar surface area (TPSA) is 59.6 Å². The lowest BCUT2D eigenvalue weighted by Crippen LogP contribution is -2.49. The monoisotopic (exact) mass is 290 g/mol. The maximum atomic E-state index is 12.3. The molecule has 2 N–H and O–H groups in total. The molecule has 5 heteroatoms. The van der Waals surface area contributed by atoms with Gasteiger partial charge < -0.3 is 20.1 Å². The molecule has 5 nitrogen and oxygen atoms in total. The molecule has 3 rings (SSSR count). The van der Waals surface area contributed by atoms with E-state index in [9.17, 15) is 4.79 Å². The lowest BCUT2D eigenvalue weighted by molar-refractivity contribution is -0.139. The average Bonchev–Trinajstić information content (AvgIpc) is 2.83. The maximum absolute atomic E-state index is 12.3. The summed E-state index contributed by atoms with van der Waals surface area (Å²) in [5.74, 6) is -0.518. The molecule has 1 fully saturated rings. The molecule has 2 aliphatic heterocycles. The Morgan fingerprint density at radius 3 is 2.86 bits per heavy atom. The predicted molar refractivity (Wildman–Crippen MR) is 78.7 cm³/mol. The molecule has 2 heterocycles. The van der Waals surface area contributed by atoms with Crippen LogP contribution in [0.4, 0.5) is 0 Å². The molecule has 2 atom stereocenters. The van der Waals surface area contributed by atoms with Crippen molar-refractivity contribution in [3.05, 3.63) is 35.4 Å². The Hall–Kier alpha value is -1.43. The first-order chi connectivity index (χ1) is 10.0. The molecule has 0 aliphatic carbocycles. The molecule has 1 unspecified atom stereocenters. The van der Waals surface area contributed by atoms with Crippen LogP contribution in [0.2, 0.25) is 0 Å². The fourth-order valence-corrected chi connectivity index (χ4v) is 2.84. The molecule has 0 aromatic heterocycles. The number of benzene rings is 1. The van der Waals surface area contributed by atoms with Crippen molar-refractivity contribution in [3.63, 3.8) is 0 Å². The summed E-state index contributed by atoms with van der Waals surface area (Å²) in [4.78, 5) is 12.3. The van der Waals surface area contributed by atoms with Gasteiger partial charge in [-0.1, -0.05) is 24.3 Å². The van der Waals surface area contributed by atoms with Gasteiger partial charge in [0, 0.05) is 13.1 Å². The first kappa shape index (κ1) is 14.5. The Kier molecular flexibility index (Phi) is 3.97. The number of nitrogens with one attached hydrogen (secondary N) is 2.